The zero-order valence-electron chi connectivity index (χ0n) is 17.2. The van der Waals surface area contributed by atoms with Crippen molar-refractivity contribution < 1.29 is 8.42 Å². The van der Waals surface area contributed by atoms with Crippen molar-refractivity contribution in [1.82, 2.24) is 13.6 Å². The number of fused-ring (bicyclic) bond motifs is 2. The normalized spacial score (nSPS) is 21.6. The lowest BCUT2D eigenvalue weighted by Crippen LogP contribution is -2.44. The molecule has 7 heteroatoms. The summed E-state index contributed by atoms with van der Waals surface area (Å²) in [6.07, 6.45) is 6.36. The second-order valence-corrected chi connectivity index (χ2v) is 10.6. The first-order valence-corrected chi connectivity index (χ1v) is 12.4. The molecule has 2 aromatic rings. The monoisotopic (exact) mass is 414 g/mol. The van der Waals surface area contributed by atoms with E-state index in [0.717, 1.165) is 43.6 Å². The van der Waals surface area contributed by atoms with E-state index >= 15 is 0 Å². The molecular weight excluding hydrogens is 384 g/mol. The summed E-state index contributed by atoms with van der Waals surface area (Å²) in [5, 5.41) is 1.25. The fourth-order valence-electron chi connectivity index (χ4n) is 5.04. The number of pyridine rings is 1. The van der Waals surface area contributed by atoms with Crippen LogP contribution in [0.15, 0.2) is 18.2 Å². The first-order chi connectivity index (χ1) is 14.0. The van der Waals surface area contributed by atoms with Crippen LogP contribution in [0.1, 0.15) is 42.4 Å². The third-order valence-electron chi connectivity index (χ3n) is 6.71. The quantitative estimate of drug-likeness (QED) is 0.775. The average Bonchev–Trinajstić information content (AvgIpc) is 3.33. The molecule has 2 saturated heterocycles. The summed E-state index contributed by atoms with van der Waals surface area (Å²) in [5.74, 6) is 0.980. The lowest BCUT2D eigenvalue weighted by atomic mass is 10.0. The number of rotatable bonds is 3. The van der Waals surface area contributed by atoms with Crippen molar-refractivity contribution >= 4 is 26.9 Å². The Kier molecular flexibility index (Phi) is 5.00. The van der Waals surface area contributed by atoms with Crippen LogP contribution in [0.5, 0.6) is 0 Å². The smallest absolute Gasteiger partial charge is 0.282 e. The second kappa shape index (κ2) is 7.52. The van der Waals surface area contributed by atoms with E-state index in [4.69, 9.17) is 4.98 Å². The molecule has 0 radical (unpaired) electrons. The van der Waals surface area contributed by atoms with Crippen molar-refractivity contribution in [2.75, 3.05) is 44.2 Å². The van der Waals surface area contributed by atoms with E-state index in [1.165, 1.54) is 34.9 Å². The Morgan fingerprint density at radius 1 is 0.793 bits per heavy atom. The molecule has 3 aliphatic rings. The van der Waals surface area contributed by atoms with Crippen LogP contribution in [0.25, 0.3) is 10.9 Å². The van der Waals surface area contributed by atoms with Gasteiger partial charge in [0.25, 0.3) is 10.2 Å². The number of anilines is 1. The van der Waals surface area contributed by atoms with Crippen molar-refractivity contribution in [1.29, 1.82) is 0 Å². The van der Waals surface area contributed by atoms with Crippen LogP contribution in [-0.4, -0.2) is 61.3 Å². The van der Waals surface area contributed by atoms with Crippen LogP contribution in [0.3, 0.4) is 0 Å². The predicted octanol–water partition coefficient (Wildman–Crippen LogP) is 2.88. The maximum absolute atomic E-state index is 12.9. The SMILES string of the molecule is Cc1cc(N2CCCN(S(=O)(=O)N3CCCC3)CC2)nc2cc3c(cc12)CCC3. The number of hydrogen-bond acceptors (Lipinski definition) is 4. The number of benzene rings is 1. The van der Waals surface area contributed by atoms with Crippen molar-refractivity contribution in [3.63, 3.8) is 0 Å². The van der Waals surface area contributed by atoms with Crippen molar-refractivity contribution in [2.24, 2.45) is 0 Å². The van der Waals surface area contributed by atoms with Gasteiger partial charge in [0.2, 0.25) is 0 Å². The summed E-state index contributed by atoms with van der Waals surface area (Å²) in [5.41, 5.74) is 5.25. The second-order valence-electron chi connectivity index (χ2n) is 8.64. The Labute approximate surface area is 173 Å². The fraction of sp³-hybridized carbons (Fsp3) is 0.591. The molecule has 3 heterocycles. The number of nitrogens with zero attached hydrogens (tertiary/aromatic N) is 4. The van der Waals surface area contributed by atoms with E-state index in [1.54, 1.807) is 8.61 Å². The Morgan fingerprint density at radius 3 is 2.28 bits per heavy atom. The zero-order valence-corrected chi connectivity index (χ0v) is 18.0. The minimum Gasteiger partial charge on any atom is -0.355 e. The molecule has 0 amide bonds. The molecule has 2 fully saturated rings. The van der Waals surface area contributed by atoms with Gasteiger partial charge in [-0.25, -0.2) is 4.98 Å². The van der Waals surface area contributed by atoms with Crippen LogP contribution >= 0.6 is 0 Å². The molecule has 0 saturated carbocycles. The molecule has 29 heavy (non-hydrogen) atoms. The van der Waals surface area contributed by atoms with Gasteiger partial charge in [0.1, 0.15) is 5.82 Å². The maximum Gasteiger partial charge on any atom is 0.282 e. The zero-order chi connectivity index (χ0) is 20.0. The largest absolute Gasteiger partial charge is 0.355 e. The molecular formula is C22H30N4O2S. The van der Waals surface area contributed by atoms with Gasteiger partial charge in [0.15, 0.2) is 0 Å². The Bertz CT molecular complexity index is 1030. The van der Waals surface area contributed by atoms with E-state index < -0.39 is 10.2 Å². The molecule has 0 bridgehead atoms. The molecule has 0 spiro atoms. The molecule has 1 aliphatic carbocycles. The van der Waals surface area contributed by atoms with Gasteiger partial charge in [0, 0.05) is 44.7 Å². The van der Waals surface area contributed by atoms with Gasteiger partial charge in [0.05, 0.1) is 5.52 Å². The Morgan fingerprint density at radius 2 is 1.48 bits per heavy atom. The summed E-state index contributed by atoms with van der Waals surface area (Å²) in [6.45, 7) is 6.15. The third kappa shape index (κ3) is 3.53. The fourth-order valence-corrected chi connectivity index (χ4v) is 6.76. The van der Waals surface area contributed by atoms with Gasteiger partial charge in [-0.2, -0.15) is 17.0 Å². The molecule has 6 nitrogen and oxygen atoms in total. The lowest BCUT2D eigenvalue weighted by molar-refractivity contribution is 0.373. The number of hydrogen-bond donors (Lipinski definition) is 0. The Balaban J connectivity index is 1.39. The minimum atomic E-state index is -3.32. The standard InChI is InChI=1S/C22H30N4O2S/c1-17-14-22(23-21-16-19-7-4-6-18(19)15-20(17)21)24-8-5-11-26(13-12-24)29(27,28)25-9-2-3-10-25/h14-16H,2-13H2,1H3. The van der Waals surface area contributed by atoms with Crippen molar-refractivity contribution in [2.45, 2.75) is 45.4 Å². The van der Waals surface area contributed by atoms with Crippen LogP contribution in [-0.2, 0) is 23.1 Å². The number of aromatic nitrogens is 1. The molecule has 1 aromatic heterocycles. The van der Waals surface area contributed by atoms with E-state index in [2.05, 4.69) is 30.0 Å². The molecule has 0 atom stereocenters. The Hall–Kier alpha value is -1.70. The van der Waals surface area contributed by atoms with Gasteiger partial charge in [-0.15, -0.1) is 0 Å². The molecule has 0 unspecified atom stereocenters. The first kappa shape index (κ1) is 19.3. The topological polar surface area (TPSA) is 56.8 Å². The van der Waals surface area contributed by atoms with Crippen LogP contribution in [0, 0.1) is 6.92 Å². The summed E-state index contributed by atoms with van der Waals surface area (Å²) in [6, 6.07) is 6.78. The van der Waals surface area contributed by atoms with Crippen molar-refractivity contribution in [3.8, 4) is 0 Å². The van der Waals surface area contributed by atoms with Gasteiger partial charge >= 0.3 is 0 Å². The van der Waals surface area contributed by atoms with Gasteiger partial charge in [-0.3, -0.25) is 0 Å². The molecule has 156 valence electrons. The average molecular weight is 415 g/mol. The summed E-state index contributed by atoms with van der Waals surface area (Å²) < 4.78 is 29.2. The molecule has 0 N–H and O–H groups in total. The minimum absolute atomic E-state index is 0.530. The van der Waals surface area contributed by atoms with E-state index in [9.17, 15) is 8.42 Å². The lowest BCUT2D eigenvalue weighted by Gasteiger charge is -2.26. The third-order valence-corrected chi connectivity index (χ3v) is 8.75. The summed E-state index contributed by atoms with van der Waals surface area (Å²) >= 11 is 0. The highest BCUT2D eigenvalue weighted by molar-refractivity contribution is 7.86. The molecule has 5 rings (SSSR count). The van der Waals surface area contributed by atoms with E-state index in [0.29, 0.717) is 32.7 Å². The molecule has 2 aliphatic heterocycles. The van der Waals surface area contributed by atoms with Crippen LogP contribution in [0.4, 0.5) is 5.82 Å². The molecule has 1 aromatic carbocycles. The van der Waals surface area contributed by atoms with Gasteiger partial charge < -0.3 is 4.90 Å². The highest BCUT2D eigenvalue weighted by Gasteiger charge is 2.33. The van der Waals surface area contributed by atoms with Crippen LogP contribution < -0.4 is 4.90 Å². The van der Waals surface area contributed by atoms with Gasteiger partial charge in [-0.05, 0) is 80.3 Å². The van der Waals surface area contributed by atoms with E-state index in [-0.39, 0.29) is 0 Å². The first-order valence-electron chi connectivity index (χ1n) is 11.0. The van der Waals surface area contributed by atoms with E-state index in [1.807, 2.05) is 0 Å². The highest BCUT2D eigenvalue weighted by Crippen LogP contribution is 2.30. The predicted molar refractivity (Wildman–Crippen MR) is 117 cm³/mol. The van der Waals surface area contributed by atoms with Crippen LogP contribution in [0.2, 0.25) is 0 Å². The van der Waals surface area contributed by atoms with Gasteiger partial charge in [-0.1, -0.05) is 0 Å². The number of aryl methyl sites for hydroxylation is 3. The summed E-state index contributed by atoms with van der Waals surface area (Å²) in [7, 11) is -3.32. The highest BCUT2D eigenvalue weighted by atomic mass is 32.2. The summed E-state index contributed by atoms with van der Waals surface area (Å²) in [4.78, 5) is 7.25. The van der Waals surface area contributed by atoms with Crippen molar-refractivity contribution in [3.05, 3.63) is 34.9 Å². The maximum atomic E-state index is 12.9.